The molecule has 0 saturated heterocycles. The number of carbonyl (C=O) groups excluding carboxylic acids is 1. The van der Waals surface area contributed by atoms with Crippen molar-refractivity contribution in [2.75, 3.05) is 7.11 Å². The molecule has 2 aromatic rings. The molecular weight excluding hydrogens is 328 g/mol. The van der Waals surface area contributed by atoms with Crippen molar-refractivity contribution >= 4 is 33.3 Å². The fourth-order valence-electron chi connectivity index (χ4n) is 1.87. The quantitative estimate of drug-likeness (QED) is 0.761. The first kappa shape index (κ1) is 14.1. The van der Waals surface area contributed by atoms with Gasteiger partial charge in [0.15, 0.2) is 5.78 Å². The minimum absolute atomic E-state index is 0.0612. The summed E-state index contributed by atoms with van der Waals surface area (Å²) in [5.74, 6) is 0.706. The summed E-state index contributed by atoms with van der Waals surface area (Å²) in [5.41, 5.74) is 2.10. The van der Waals surface area contributed by atoms with E-state index in [9.17, 15) is 4.79 Å². The lowest BCUT2D eigenvalue weighted by atomic mass is 10.0. The van der Waals surface area contributed by atoms with Crippen molar-refractivity contribution < 1.29 is 9.53 Å². The van der Waals surface area contributed by atoms with Gasteiger partial charge in [-0.1, -0.05) is 27.5 Å². The van der Waals surface area contributed by atoms with Gasteiger partial charge in [0.25, 0.3) is 0 Å². The Balaban J connectivity index is 2.41. The number of carbonyl (C=O) groups is 1. The highest BCUT2D eigenvalue weighted by Gasteiger charge is 2.12. The Morgan fingerprint density at radius 1 is 1.16 bits per heavy atom. The zero-order chi connectivity index (χ0) is 14.0. The topological polar surface area (TPSA) is 26.3 Å². The van der Waals surface area contributed by atoms with Gasteiger partial charge in [0, 0.05) is 20.6 Å². The van der Waals surface area contributed by atoms with Gasteiger partial charge in [0.1, 0.15) is 5.75 Å². The molecule has 4 heteroatoms. The SMILES string of the molecule is COc1ccc(C(=O)c2cc(Cl)cc(Br)c2)cc1C. The molecule has 0 amide bonds. The van der Waals surface area contributed by atoms with Crippen LogP contribution < -0.4 is 4.74 Å². The third-order valence-corrected chi connectivity index (χ3v) is 3.46. The van der Waals surface area contributed by atoms with Crippen LogP contribution in [0.2, 0.25) is 5.02 Å². The van der Waals surface area contributed by atoms with Crippen LogP contribution in [-0.2, 0) is 0 Å². The van der Waals surface area contributed by atoms with E-state index in [1.165, 1.54) is 0 Å². The first-order valence-electron chi connectivity index (χ1n) is 5.66. The van der Waals surface area contributed by atoms with E-state index in [1.807, 2.05) is 13.0 Å². The highest BCUT2D eigenvalue weighted by molar-refractivity contribution is 9.10. The lowest BCUT2D eigenvalue weighted by molar-refractivity contribution is 0.103. The van der Waals surface area contributed by atoms with E-state index in [1.54, 1.807) is 37.4 Å². The van der Waals surface area contributed by atoms with Gasteiger partial charge in [-0.15, -0.1) is 0 Å². The van der Waals surface area contributed by atoms with Gasteiger partial charge in [0.2, 0.25) is 0 Å². The zero-order valence-electron chi connectivity index (χ0n) is 10.5. The minimum atomic E-state index is -0.0612. The Labute approximate surface area is 125 Å². The molecule has 2 rings (SSSR count). The Morgan fingerprint density at radius 2 is 1.89 bits per heavy atom. The highest BCUT2D eigenvalue weighted by atomic mass is 79.9. The van der Waals surface area contributed by atoms with E-state index in [-0.39, 0.29) is 5.78 Å². The molecule has 0 heterocycles. The largest absolute Gasteiger partial charge is 0.496 e. The predicted octanol–water partition coefficient (Wildman–Crippen LogP) is 4.65. The van der Waals surface area contributed by atoms with Crippen molar-refractivity contribution in [1.29, 1.82) is 0 Å². The van der Waals surface area contributed by atoms with Gasteiger partial charge >= 0.3 is 0 Å². The maximum atomic E-state index is 12.4. The van der Waals surface area contributed by atoms with E-state index in [2.05, 4.69) is 15.9 Å². The second kappa shape index (κ2) is 5.76. The fraction of sp³-hybridized carbons (Fsp3) is 0.133. The van der Waals surface area contributed by atoms with Crippen LogP contribution >= 0.6 is 27.5 Å². The van der Waals surface area contributed by atoms with Gasteiger partial charge in [-0.25, -0.2) is 0 Å². The summed E-state index contributed by atoms with van der Waals surface area (Å²) in [6, 6.07) is 10.5. The Bertz CT molecular complexity index is 618. The van der Waals surface area contributed by atoms with Crippen molar-refractivity contribution in [3.8, 4) is 5.75 Å². The molecule has 0 aliphatic carbocycles. The number of halogens is 2. The minimum Gasteiger partial charge on any atom is -0.496 e. The van der Waals surface area contributed by atoms with Crippen LogP contribution in [0, 0.1) is 6.92 Å². The van der Waals surface area contributed by atoms with Crippen LogP contribution in [0.3, 0.4) is 0 Å². The van der Waals surface area contributed by atoms with Gasteiger partial charge in [-0.3, -0.25) is 4.79 Å². The standard InChI is InChI=1S/C15H12BrClO2/c1-9-5-10(3-4-14(9)19-2)15(18)11-6-12(16)8-13(17)7-11/h3-8H,1-2H3. The monoisotopic (exact) mass is 338 g/mol. The summed E-state index contributed by atoms with van der Waals surface area (Å²) in [6.45, 7) is 1.91. The summed E-state index contributed by atoms with van der Waals surface area (Å²) >= 11 is 9.29. The van der Waals surface area contributed by atoms with E-state index in [0.717, 1.165) is 15.8 Å². The van der Waals surface area contributed by atoms with Gasteiger partial charge in [0.05, 0.1) is 7.11 Å². The van der Waals surface area contributed by atoms with Crippen molar-refractivity contribution in [2.45, 2.75) is 6.92 Å². The molecule has 2 nitrogen and oxygen atoms in total. The number of aryl methyl sites for hydroxylation is 1. The Hall–Kier alpha value is -1.32. The number of ether oxygens (including phenoxy) is 1. The number of rotatable bonds is 3. The number of benzene rings is 2. The Kier molecular flexibility index (Phi) is 4.27. The molecule has 0 aliphatic rings. The second-order valence-corrected chi connectivity index (χ2v) is 5.52. The molecule has 0 bridgehead atoms. The summed E-state index contributed by atoms with van der Waals surface area (Å²) in [4.78, 5) is 12.4. The van der Waals surface area contributed by atoms with Crippen LogP contribution in [-0.4, -0.2) is 12.9 Å². The normalized spacial score (nSPS) is 10.3. The van der Waals surface area contributed by atoms with E-state index >= 15 is 0 Å². The van der Waals surface area contributed by atoms with Crippen LogP contribution in [0.4, 0.5) is 0 Å². The maximum absolute atomic E-state index is 12.4. The van der Waals surface area contributed by atoms with Crippen molar-refractivity contribution in [3.05, 3.63) is 62.6 Å². The maximum Gasteiger partial charge on any atom is 0.193 e. The molecule has 0 aromatic heterocycles. The molecule has 0 spiro atoms. The van der Waals surface area contributed by atoms with Gasteiger partial charge in [-0.2, -0.15) is 0 Å². The molecular formula is C15H12BrClO2. The summed E-state index contributed by atoms with van der Waals surface area (Å²) in [7, 11) is 1.61. The van der Waals surface area contributed by atoms with Crippen LogP contribution in [0.5, 0.6) is 5.75 Å². The smallest absolute Gasteiger partial charge is 0.193 e. The number of methoxy groups -OCH3 is 1. The summed E-state index contributed by atoms with van der Waals surface area (Å²) < 4.78 is 5.97. The molecule has 0 saturated carbocycles. The molecule has 0 atom stereocenters. The number of hydrogen-bond acceptors (Lipinski definition) is 2. The average Bonchev–Trinajstić information content (AvgIpc) is 2.36. The molecule has 2 aromatic carbocycles. The van der Waals surface area contributed by atoms with E-state index in [0.29, 0.717) is 16.1 Å². The average molecular weight is 340 g/mol. The lowest BCUT2D eigenvalue weighted by Gasteiger charge is -2.07. The third-order valence-electron chi connectivity index (χ3n) is 2.78. The molecule has 0 unspecified atom stereocenters. The van der Waals surface area contributed by atoms with E-state index < -0.39 is 0 Å². The van der Waals surface area contributed by atoms with Crippen LogP contribution in [0.15, 0.2) is 40.9 Å². The van der Waals surface area contributed by atoms with Gasteiger partial charge in [-0.05, 0) is 48.9 Å². The summed E-state index contributed by atoms with van der Waals surface area (Å²) in [5, 5.41) is 0.531. The second-order valence-electron chi connectivity index (χ2n) is 4.17. The van der Waals surface area contributed by atoms with Gasteiger partial charge < -0.3 is 4.74 Å². The molecule has 0 fully saturated rings. The zero-order valence-corrected chi connectivity index (χ0v) is 12.9. The van der Waals surface area contributed by atoms with E-state index in [4.69, 9.17) is 16.3 Å². The first-order valence-corrected chi connectivity index (χ1v) is 6.84. The summed E-state index contributed by atoms with van der Waals surface area (Å²) in [6.07, 6.45) is 0. The number of hydrogen-bond donors (Lipinski definition) is 0. The third kappa shape index (κ3) is 3.17. The van der Waals surface area contributed by atoms with Crippen LogP contribution in [0.25, 0.3) is 0 Å². The lowest BCUT2D eigenvalue weighted by Crippen LogP contribution is -2.02. The van der Waals surface area contributed by atoms with Crippen molar-refractivity contribution in [3.63, 3.8) is 0 Å². The first-order chi connectivity index (χ1) is 9.01. The molecule has 0 radical (unpaired) electrons. The highest BCUT2D eigenvalue weighted by Crippen LogP contribution is 2.24. The molecule has 0 aliphatic heterocycles. The van der Waals surface area contributed by atoms with Crippen molar-refractivity contribution in [2.24, 2.45) is 0 Å². The molecule has 98 valence electrons. The van der Waals surface area contributed by atoms with Crippen LogP contribution in [0.1, 0.15) is 21.5 Å². The number of ketones is 1. The Morgan fingerprint density at radius 3 is 2.47 bits per heavy atom. The molecule has 0 N–H and O–H groups in total. The fourth-order valence-corrected chi connectivity index (χ4v) is 2.73. The van der Waals surface area contributed by atoms with Crippen molar-refractivity contribution in [1.82, 2.24) is 0 Å². The predicted molar refractivity (Wildman–Crippen MR) is 80.3 cm³/mol. The molecule has 19 heavy (non-hydrogen) atoms.